The molecule has 0 amide bonds. The maximum Gasteiger partial charge on any atom is 0.206 e. The Kier molecular flexibility index (Phi) is 5.68. The van der Waals surface area contributed by atoms with Gasteiger partial charge < -0.3 is 5.32 Å². The third-order valence-corrected chi connectivity index (χ3v) is 4.97. The molecule has 1 aromatic rings. The minimum absolute atomic E-state index is 0.173. The number of rotatable bonds is 7. The molecule has 1 heterocycles. The molecule has 0 atom stereocenters. The van der Waals surface area contributed by atoms with E-state index in [0.29, 0.717) is 11.7 Å². The van der Waals surface area contributed by atoms with E-state index in [9.17, 15) is 8.42 Å². The van der Waals surface area contributed by atoms with Crippen LogP contribution < -0.4 is 5.32 Å². The number of aromatic nitrogens is 2. The van der Waals surface area contributed by atoms with Gasteiger partial charge in [-0.05, 0) is 5.92 Å². The smallest absolute Gasteiger partial charge is 0.206 e. The molecule has 0 saturated carbocycles. The Hall–Kier alpha value is -0.340. The van der Waals surface area contributed by atoms with E-state index < -0.39 is 9.84 Å². The lowest BCUT2D eigenvalue weighted by Crippen LogP contribution is -2.07. The van der Waals surface area contributed by atoms with Crippen molar-refractivity contribution in [3.05, 3.63) is 0 Å². The van der Waals surface area contributed by atoms with E-state index in [1.807, 2.05) is 0 Å². The van der Waals surface area contributed by atoms with Gasteiger partial charge in [0.05, 0.1) is 5.75 Å². The van der Waals surface area contributed by atoms with Crippen LogP contribution in [0.2, 0.25) is 0 Å². The summed E-state index contributed by atoms with van der Waals surface area (Å²) in [6.45, 7) is 5.11. The largest absolute Gasteiger partial charge is 0.360 e. The maximum absolute atomic E-state index is 10.9. The van der Waals surface area contributed by atoms with Crippen LogP contribution in [0.3, 0.4) is 0 Å². The van der Waals surface area contributed by atoms with E-state index in [1.165, 1.54) is 29.4 Å². The van der Waals surface area contributed by atoms with Gasteiger partial charge in [-0.2, -0.15) is 0 Å². The van der Waals surface area contributed by atoms with Crippen molar-refractivity contribution in [3.8, 4) is 0 Å². The van der Waals surface area contributed by atoms with Crippen LogP contribution in [0.5, 0.6) is 0 Å². The monoisotopic (exact) mass is 295 g/mol. The first-order valence-electron chi connectivity index (χ1n) is 5.25. The number of hydrogen-bond acceptors (Lipinski definition) is 7. The Bertz CT molecular complexity index is 442. The lowest BCUT2D eigenvalue weighted by molar-refractivity contribution is 0.603. The fourth-order valence-electron chi connectivity index (χ4n) is 0.911. The molecule has 0 saturated heterocycles. The lowest BCUT2D eigenvalue weighted by atomic mass is 10.2. The van der Waals surface area contributed by atoms with Crippen LogP contribution >= 0.6 is 23.1 Å². The first-order valence-corrected chi connectivity index (χ1v) is 9.11. The first kappa shape index (κ1) is 14.7. The average Bonchev–Trinajstić information content (AvgIpc) is 2.61. The predicted octanol–water partition coefficient (Wildman–Crippen LogP) is 1.74. The predicted molar refractivity (Wildman–Crippen MR) is 73.7 cm³/mol. The van der Waals surface area contributed by atoms with Gasteiger partial charge in [0.2, 0.25) is 5.13 Å². The molecule has 0 aromatic carbocycles. The van der Waals surface area contributed by atoms with Crippen LogP contribution in [0.4, 0.5) is 5.13 Å². The van der Waals surface area contributed by atoms with Gasteiger partial charge in [0.15, 0.2) is 4.34 Å². The Labute approximate surface area is 110 Å². The summed E-state index contributed by atoms with van der Waals surface area (Å²) in [7, 11) is -2.89. The van der Waals surface area contributed by atoms with Gasteiger partial charge in [0, 0.05) is 18.6 Å². The van der Waals surface area contributed by atoms with E-state index in [-0.39, 0.29) is 5.75 Å². The van der Waals surface area contributed by atoms with Crippen molar-refractivity contribution >= 4 is 38.1 Å². The number of hydrogen-bond donors (Lipinski definition) is 1. The summed E-state index contributed by atoms with van der Waals surface area (Å²) in [6, 6.07) is 0. The summed E-state index contributed by atoms with van der Waals surface area (Å²) in [5.41, 5.74) is 0. The van der Waals surface area contributed by atoms with Gasteiger partial charge in [-0.15, -0.1) is 10.2 Å². The van der Waals surface area contributed by atoms with Crippen LogP contribution in [0, 0.1) is 5.92 Å². The van der Waals surface area contributed by atoms with E-state index >= 15 is 0 Å². The molecule has 5 nitrogen and oxygen atoms in total. The third-order valence-electron chi connectivity index (χ3n) is 1.75. The maximum atomic E-state index is 10.9. The van der Waals surface area contributed by atoms with Gasteiger partial charge in [-0.1, -0.05) is 36.9 Å². The molecule has 0 fully saturated rings. The lowest BCUT2D eigenvalue weighted by Gasteiger charge is -2.03. The van der Waals surface area contributed by atoms with E-state index in [2.05, 4.69) is 29.4 Å². The zero-order valence-corrected chi connectivity index (χ0v) is 12.6. The highest BCUT2D eigenvalue weighted by Gasteiger charge is 2.07. The summed E-state index contributed by atoms with van der Waals surface area (Å²) in [5.74, 6) is 1.25. The number of thioether (sulfide) groups is 1. The fourth-order valence-corrected chi connectivity index (χ4v) is 3.94. The number of sulfone groups is 1. The Morgan fingerprint density at radius 2 is 2.12 bits per heavy atom. The van der Waals surface area contributed by atoms with Crippen LogP contribution in [0.1, 0.15) is 13.8 Å². The fraction of sp³-hybridized carbons (Fsp3) is 0.778. The molecular weight excluding hydrogens is 278 g/mol. The van der Waals surface area contributed by atoms with Crippen molar-refractivity contribution in [2.45, 2.75) is 18.2 Å². The van der Waals surface area contributed by atoms with Crippen LogP contribution in [0.15, 0.2) is 4.34 Å². The molecule has 1 N–H and O–H groups in total. The molecule has 0 radical (unpaired) electrons. The number of nitrogens with one attached hydrogen (secondary N) is 1. The number of nitrogens with zero attached hydrogens (tertiary/aromatic N) is 2. The molecule has 98 valence electrons. The zero-order valence-electron chi connectivity index (χ0n) is 10.1. The molecule has 0 aliphatic heterocycles. The van der Waals surface area contributed by atoms with Gasteiger partial charge in [-0.25, -0.2) is 8.42 Å². The molecule has 0 unspecified atom stereocenters. The summed E-state index contributed by atoms with van der Waals surface area (Å²) in [5, 5.41) is 12.0. The van der Waals surface area contributed by atoms with Crippen molar-refractivity contribution in [2.24, 2.45) is 5.92 Å². The van der Waals surface area contributed by atoms with E-state index in [1.54, 1.807) is 0 Å². The molecule has 1 rings (SSSR count). The van der Waals surface area contributed by atoms with Crippen LogP contribution in [-0.4, -0.2) is 42.9 Å². The molecular formula is C9H17N3O2S3. The van der Waals surface area contributed by atoms with Crippen LogP contribution in [0.25, 0.3) is 0 Å². The first-order chi connectivity index (χ1) is 7.87. The minimum atomic E-state index is -2.89. The molecule has 0 aliphatic rings. The highest BCUT2D eigenvalue weighted by Crippen LogP contribution is 2.25. The van der Waals surface area contributed by atoms with Crippen molar-refractivity contribution in [2.75, 3.05) is 29.6 Å². The molecule has 17 heavy (non-hydrogen) atoms. The second-order valence-corrected chi connectivity index (χ2v) is 8.71. The van der Waals surface area contributed by atoms with Crippen molar-refractivity contribution in [3.63, 3.8) is 0 Å². The SMILES string of the molecule is CC(C)CNc1nnc(SCCS(C)(=O)=O)s1. The Balaban J connectivity index is 2.35. The molecule has 0 aliphatic carbocycles. The van der Waals surface area contributed by atoms with Crippen LogP contribution in [-0.2, 0) is 9.84 Å². The molecule has 0 spiro atoms. The average molecular weight is 295 g/mol. The molecule has 8 heteroatoms. The number of anilines is 1. The highest BCUT2D eigenvalue weighted by atomic mass is 32.2. The van der Waals surface area contributed by atoms with E-state index in [4.69, 9.17) is 0 Å². The van der Waals surface area contributed by atoms with Gasteiger partial charge in [0.25, 0.3) is 0 Å². The second kappa shape index (κ2) is 6.55. The molecule has 1 aromatic heterocycles. The summed E-state index contributed by atoms with van der Waals surface area (Å²) >= 11 is 2.89. The van der Waals surface area contributed by atoms with Gasteiger partial charge in [-0.3, -0.25) is 0 Å². The Morgan fingerprint density at radius 3 is 2.71 bits per heavy atom. The highest BCUT2D eigenvalue weighted by molar-refractivity contribution is 8.02. The third kappa shape index (κ3) is 6.85. The van der Waals surface area contributed by atoms with E-state index in [0.717, 1.165) is 16.0 Å². The second-order valence-electron chi connectivity index (χ2n) is 4.13. The quantitative estimate of drug-likeness (QED) is 0.773. The summed E-state index contributed by atoms with van der Waals surface area (Å²) < 4.78 is 22.7. The Morgan fingerprint density at radius 1 is 1.41 bits per heavy atom. The summed E-state index contributed by atoms with van der Waals surface area (Å²) in [4.78, 5) is 0. The molecule has 0 bridgehead atoms. The van der Waals surface area contributed by atoms with Crippen molar-refractivity contribution in [1.82, 2.24) is 10.2 Å². The van der Waals surface area contributed by atoms with Crippen molar-refractivity contribution < 1.29 is 8.42 Å². The topological polar surface area (TPSA) is 72.0 Å². The summed E-state index contributed by atoms with van der Waals surface area (Å²) in [6.07, 6.45) is 1.24. The van der Waals surface area contributed by atoms with Gasteiger partial charge >= 0.3 is 0 Å². The minimum Gasteiger partial charge on any atom is -0.360 e. The normalized spacial score (nSPS) is 12.0. The zero-order chi connectivity index (χ0) is 12.9. The van der Waals surface area contributed by atoms with Gasteiger partial charge in [0.1, 0.15) is 9.84 Å². The van der Waals surface area contributed by atoms with Crippen molar-refractivity contribution in [1.29, 1.82) is 0 Å². The standard InChI is InChI=1S/C9H17N3O2S3/c1-7(2)6-10-8-11-12-9(16-8)15-4-5-17(3,13)14/h7H,4-6H2,1-3H3,(H,10,11).